The molecule has 6 nitrogen and oxygen atoms in total. The third-order valence-electron chi connectivity index (χ3n) is 4.27. The van der Waals surface area contributed by atoms with E-state index in [0.29, 0.717) is 24.8 Å². The average molecular weight is 299 g/mol. The van der Waals surface area contributed by atoms with Gasteiger partial charge in [0, 0.05) is 24.9 Å². The van der Waals surface area contributed by atoms with E-state index in [1.165, 1.54) is 6.42 Å². The van der Waals surface area contributed by atoms with Crippen molar-refractivity contribution in [1.29, 1.82) is 0 Å². The molecule has 0 bridgehead atoms. The molecule has 0 spiro atoms. The largest absolute Gasteiger partial charge is 0.339 e. The van der Waals surface area contributed by atoms with Crippen molar-refractivity contribution in [2.75, 3.05) is 18.1 Å². The van der Waals surface area contributed by atoms with Crippen LogP contribution < -0.4 is 5.32 Å². The summed E-state index contributed by atoms with van der Waals surface area (Å²) in [6.45, 7) is 2.76. The molecule has 112 valence electrons. The minimum Gasteiger partial charge on any atom is -0.339 e. The molecule has 7 heteroatoms. The zero-order valence-electron chi connectivity index (χ0n) is 11.7. The first-order valence-corrected chi connectivity index (χ1v) is 9.10. The fourth-order valence-corrected chi connectivity index (χ4v) is 4.61. The second kappa shape index (κ2) is 5.44. The standard InChI is InChI=1S/C13H21N3O3S/c1-9-2-3-10(6-9)13-15-12(19-16-13)7-11-8-20(17,18)5-4-14-11/h9-11,14H,2-8H2,1H3. The highest BCUT2D eigenvalue weighted by molar-refractivity contribution is 7.91. The highest BCUT2D eigenvalue weighted by Crippen LogP contribution is 2.36. The Hall–Kier alpha value is -0.950. The van der Waals surface area contributed by atoms with E-state index < -0.39 is 9.84 Å². The van der Waals surface area contributed by atoms with Gasteiger partial charge in [-0.3, -0.25) is 0 Å². The van der Waals surface area contributed by atoms with Gasteiger partial charge in [-0.15, -0.1) is 0 Å². The zero-order chi connectivity index (χ0) is 14.2. The number of nitrogens with zero attached hydrogens (tertiary/aromatic N) is 2. The van der Waals surface area contributed by atoms with Gasteiger partial charge in [0.15, 0.2) is 15.7 Å². The van der Waals surface area contributed by atoms with Crippen LogP contribution in [0.2, 0.25) is 0 Å². The maximum absolute atomic E-state index is 11.6. The van der Waals surface area contributed by atoms with Crippen LogP contribution in [0.5, 0.6) is 0 Å². The number of sulfone groups is 1. The van der Waals surface area contributed by atoms with Gasteiger partial charge in [0.05, 0.1) is 11.5 Å². The van der Waals surface area contributed by atoms with Crippen molar-refractivity contribution >= 4 is 9.84 Å². The lowest BCUT2D eigenvalue weighted by molar-refractivity contribution is 0.354. The number of rotatable bonds is 3. The lowest BCUT2D eigenvalue weighted by Crippen LogP contribution is -2.46. The van der Waals surface area contributed by atoms with E-state index in [1.807, 2.05) is 0 Å². The summed E-state index contributed by atoms with van der Waals surface area (Å²) in [5, 5.41) is 7.27. The molecule has 1 aromatic heterocycles. The van der Waals surface area contributed by atoms with E-state index in [2.05, 4.69) is 22.4 Å². The fraction of sp³-hybridized carbons (Fsp3) is 0.846. The Morgan fingerprint density at radius 3 is 2.95 bits per heavy atom. The fourth-order valence-electron chi connectivity index (χ4n) is 3.17. The Balaban J connectivity index is 1.62. The second-order valence-corrected chi connectivity index (χ2v) is 8.36. The molecule has 3 rings (SSSR count). The SMILES string of the molecule is CC1CCC(c2noc(CC3CS(=O)(=O)CCN3)n2)C1. The summed E-state index contributed by atoms with van der Waals surface area (Å²) in [6, 6.07) is -0.107. The van der Waals surface area contributed by atoms with Crippen molar-refractivity contribution in [1.82, 2.24) is 15.5 Å². The van der Waals surface area contributed by atoms with Crippen LogP contribution in [0.15, 0.2) is 4.52 Å². The van der Waals surface area contributed by atoms with E-state index in [9.17, 15) is 8.42 Å². The Labute approximate surface area is 119 Å². The highest BCUT2D eigenvalue weighted by atomic mass is 32.2. The van der Waals surface area contributed by atoms with Crippen LogP contribution in [0.3, 0.4) is 0 Å². The zero-order valence-corrected chi connectivity index (χ0v) is 12.5. The van der Waals surface area contributed by atoms with Crippen molar-refractivity contribution in [3.05, 3.63) is 11.7 Å². The molecule has 3 unspecified atom stereocenters. The molecule has 1 N–H and O–H groups in total. The average Bonchev–Trinajstić information content (AvgIpc) is 2.97. The molecular weight excluding hydrogens is 278 g/mol. The van der Waals surface area contributed by atoms with Gasteiger partial charge < -0.3 is 9.84 Å². The van der Waals surface area contributed by atoms with Crippen molar-refractivity contribution in [2.45, 2.75) is 44.6 Å². The lowest BCUT2D eigenvalue weighted by atomic mass is 10.1. The summed E-state index contributed by atoms with van der Waals surface area (Å²) < 4.78 is 28.5. The molecule has 3 atom stereocenters. The van der Waals surface area contributed by atoms with Gasteiger partial charge in [0.2, 0.25) is 5.89 Å². The van der Waals surface area contributed by atoms with Gasteiger partial charge in [-0.05, 0) is 25.2 Å². The molecule has 2 aliphatic rings. The Kier molecular flexibility index (Phi) is 3.81. The summed E-state index contributed by atoms with van der Waals surface area (Å²) in [5.74, 6) is 2.86. The quantitative estimate of drug-likeness (QED) is 0.892. The first kappa shape index (κ1) is 14.0. The van der Waals surface area contributed by atoms with E-state index in [1.54, 1.807) is 0 Å². The topological polar surface area (TPSA) is 85.1 Å². The van der Waals surface area contributed by atoms with Gasteiger partial charge in [-0.25, -0.2) is 8.42 Å². The maximum atomic E-state index is 11.6. The molecule has 1 aromatic rings. The van der Waals surface area contributed by atoms with Crippen molar-refractivity contribution in [3.8, 4) is 0 Å². The van der Waals surface area contributed by atoms with Gasteiger partial charge in [0.25, 0.3) is 0 Å². The molecule has 20 heavy (non-hydrogen) atoms. The van der Waals surface area contributed by atoms with Crippen LogP contribution in [-0.2, 0) is 16.3 Å². The van der Waals surface area contributed by atoms with Crippen molar-refractivity contribution in [2.24, 2.45) is 5.92 Å². The Morgan fingerprint density at radius 1 is 1.40 bits per heavy atom. The maximum Gasteiger partial charge on any atom is 0.228 e. The monoisotopic (exact) mass is 299 g/mol. The Bertz CT molecular complexity index is 569. The number of hydrogen-bond donors (Lipinski definition) is 1. The van der Waals surface area contributed by atoms with E-state index in [-0.39, 0.29) is 17.5 Å². The molecule has 0 amide bonds. The summed E-state index contributed by atoms with van der Waals surface area (Å²) in [7, 11) is -2.92. The predicted molar refractivity (Wildman–Crippen MR) is 74.2 cm³/mol. The molecule has 1 saturated carbocycles. The molecule has 1 saturated heterocycles. The van der Waals surface area contributed by atoms with E-state index in [0.717, 1.165) is 24.6 Å². The molecule has 0 aromatic carbocycles. The molecule has 1 aliphatic carbocycles. The summed E-state index contributed by atoms with van der Waals surface area (Å²) in [6.07, 6.45) is 3.96. The molecule has 2 fully saturated rings. The van der Waals surface area contributed by atoms with Crippen LogP contribution in [-0.4, -0.2) is 42.7 Å². The minimum atomic E-state index is -2.92. The van der Waals surface area contributed by atoms with E-state index >= 15 is 0 Å². The predicted octanol–water partition coefficient (Wildman–Crippen LogP) is 0.902. The van der Waals surface area contributed by atoms with Crippen LogP contribution in [0.25, 0.3) is 0 Å². The summed E-state index contributed by atoms with van der Waals surface area (Å²) in [4.78, 5) is 4.46. The second-order valence-electron chi connectivity index (χ2n) is 6.13. The van der Waals surface area contributed by atoms with Crippen LogP contribution >= 0.6 is 0 Å². The molecule has 2 heterocycles. The van der Waals surface area contributed by atoms with Crippen LogP contribution in [0, 0.1) is 5.92 Å². The first-order chi connectivity index (χ1) is 9.52. The molecule has 1 aliphatic heterocycles. The van der Waals surface area contributed by atoms with Crippen LogP contribution in [0.4, 0.5) is 0 Å². The molecule has 0 radical (unpaired) electrons. The summed E-state index contributed by atoms with van der Waals surface area (Å²) >= 11 is 0. The normalized spacial score (nSPS) is 33.4. The smallest absolute Gasteiger partial charge is 0.228 e. The number of hydrogen-bond acceptors (Lipinski definition) is 6. The number of aromatic nitrogens is 2. The van der Waals surface area contributed by atoms with Gasteiger partial charge in [-0.2, -0.15) is 4.98 Å². The highest BCUT2D eigenvalue weighted by Gasteiger charge is 2.29. The summed E-state index contributed by atoms with van der Waals surface area (Å²) in [5.41, 5.74) is 0. The van der Waals surface area contributed by atoms with Gasteiger partial charge in [-0.1, -0.05) is 12.1 Å². The third kappa shape index (κ3) is 3.20. The number of nitrogens with one attached hydrogen (secondary N) is 1. The molecular formula is C13H21N3O3S. The van der Waals surface area contributed by atoms with E-state index in [4.69, 9.17) is 4.52 Å². The third-order valence-corrected chi connectivity index (χ3v) is 6.00. The lowest BCUT2D eigenvalue weighted by Gasteiger charge is -2.21. The van der Waals surface area contributed by atoms with Crippen molar-refractivity contribution in [3.63, 3.8) is 0 Å². The van der Waals surface area contributed by atoms with Crippen molar-refractivity contribution < 1.29 is 12.9 Å². The van der Waals surface area contributed by atoms with Gasteiger partial charge >= 0.3 is 0 Å². The van der Waals surface area contributed by atoms with Crippen LogP contribution in [0.1, 0.15) is 43.8 Å². The van der Waals surface area contributed by atoms with Gasteiger partial charge in [0.1, 0.15) is 0 Å². The first-order valence-electron chi connectivity index (χ1n) is 7.28. The minimum absolute atomic E-state index is 0.107. The Morgan fingerprint density at radius 2 is 2.25 bits per heavy atom.